The van der Waals surface area contributed by atoms with Gasteiger partial charge in [-0.25, -0.2) is 0 Å². The van der Waals surface area contributed by atoms with E-state index in [0.717, 1.165) is 18.8 Å². The highest BCUT2D eigenvalue weighted by molar-refractivity contribution is 9.09. The summed E-state index contributed by atoms with van der Waals surface area (Å²) in [5, 5.41) is 0. The standard InChI is InChI=1S/C13H19BrO/c1-12(14)8-4-3-7-11-15-13-9-5-2-6-10-13/h2,5-6,9-10,12H,3-4,7-8,11H2,1H3. The summed E-state index contributed by atoms with van der Waals surface area (Å²) in [4.78, 5) is 0.646. The summed E-state index contributed by atoms with van der Waals surface area (Å²) in [5.41, 5.74) is 0. The van der Waals surface area contributed by atoms with Crippen LogP contribution in [0.5, 0.6) is 5.75 Å². The number of ether oxygens (including phenoxy) is 1. The first-order valence-electron chi connectivity index (χ1n) is 5.61. The molecule has 0 saturated heterocycles. The van der Waals surface area contributed by atoms with Crippen LogP contribution in [0.2, 0.25) is 0 Å². The fourth-order valence-corrected chi connectivity index (χ4v) is 1.73. The predicted molar refractivity (Wildman–Crippen MR) is 68.8 cm³/mol. The monoisotopic (exact) mass is 270 g/mol. The lowest BCUT2D eigenvalue weighted by atomic mass is 10.2. The highest BCUT2D eigenvalue weighted by atomic mass is 79.9. The van der Waals surface area contributed by atoms with E-state index in [9.17, 15) is 0 Å². The third-order valence-corrected chi connectivity index (χ3v) is 2.72. The van der Waals surface area contributed by atoms with Crippen LogP contribution in [-0.4, -0.2) is 11.4 Å². The summed E-state index contributed by atoms with van der Waals surface area (Å²) in [7, 11) is 0. The van der Waals surface area contributed by atoms with Crippen LogP contribution in [0.1, 0.15) is 32.6 Å². The molecule has 1 aromatic rings. The number of alkyl halides is 1. The minimum atomic E-state index is 0.646. The first-order valence-corrected chi connectivity index (χ1v) is 6.52. The number of hydrogen-bond acceptors (Lipinski definition) is 1. The fraction of sp³-hybridized carbons (Fsp3) is 0.538. The van der Waals surface area contributed by atoms with E-state index in [2.05, 4.69) is 22.9 Å². The molecule has 0 fully saturated rings. The van der Waals surface area contributed by atoms with Gasteiger partial charge < -0.3 is 4.74 Å². The molecule has 1 nitrogen and oxygen atoms in total. The summed E-state index contributed by atoms with van der Waals surface area (Å²) >= 11 is 3.55. The third kappa shape index (κ3) is 6.56. The van der Waals surface area contributed by atoms with Gasteiger partial charge in [0.2, 0.25) is 0 Å². The molecule has 0 amide bonds. The van der Waals surface area contributed by atoms with E-state index in [1.54, 1.807) is 0 Å². The summed E-state index contributed by atoms with van der Waals surface area (Å²) in [5.74, 6) is 0.978. The lowest BCUT2D eigenvalue weighted by Gasteiger charge is -2.06. The summed E-state index contributed by atoms with van der Waals surface area (Å²) in [6.07, 6.45) is 4.94. The average Bonchev–Trinajstić information content (AvgIpc) is 2.24. The van der Waals surface area contributed by atoms with Crippen molar-refractivity contribution in [1.82, 2.24) is 0 Å². The Labute approximate surface area is 101 Å². The smallest absolute Gasteiger partial charge is 0.119 e. The highest BCUT2D eigenvalue weighted by Crippen LogP contribution is 2.12. The largest absolute Gasteiger partial charge is 0.494 e. The van der Waals surface area contributed by atoms with Crippen molar-refractivity contribution in [2.75, 3.05) is 6.61 Å². The van der Waals surface area contributed by atoms with Gasteiger partial charge in [0, 0.05) is 4.83 Å². The fourth-order valence-electron chi connectivity index (χ4n) is 1.41. The van der Waals surface area contributed by atoms with Gasteiger partial charge in [0.1, 0.15) is 5.75 Å². The second-order valence-electron chi connectivity index (χ2n) is 3.79. The molecule has 2 heteroatoms. The molecule has 1 aromatic carbocycles. The van der Waals surface area contributed by atoms with Crippen LogP contribution in [0.4, 0.5) is 0 Å². The van der Waals surface area contributed by atoms with E-state index in [1.165, 1.54) is 19.3 Å². The van der Waals surface area contributed by atoms with Gasteiger partial charge >= 0.3 is 0 Å². The predicted octanol–water partition coefficient (Wildman–Crippen LogP) is 4.41. The number of para-hydroxylation sites is 1. The van der Waals surface area contributed by atoms with E-state index in [4.69, 9.17) is 4.74 Å². The molecule has 0 spiro atoms. The molecule has 0 aromatic heterocycles. The second kappa shape index (κ2) is 7.75. The van der Waals surface area contributed by atoms with Crippen molar-refractivity contribution in [3.05, 3.63) is 30.3 Å². The quantitative estimate of drug-likeness (QED) is 0.527. The van der Waals surface area contributed by atoms with Gasteiger partial charge in [0.25, 0.3) is 0 Å². The molecule has 0 bridgehead atoms. The van der Waals surface area contributed by atoms with Gasteiger partial charge in [0.05, 0.1) is 6.61 Å². The lowest BCUT2D eigenvalue weighted by Crippen LogP contribution is -1.97. The van der Waals surface area contributed by atoms with E-state index in [-0.39, 0.29) is 0 Å². The molecule has 1 unspecified atom stereocenters. The van der Waals surface area contributed by atoms with Crippen molar-refractivity contribution in [3.63, 3.8) is 0 Å². The van der Waals surface area contributed by atoms with Crippen LogP contribution in [0, 0.1) is 0 Å². The van der Waals surface area contributed by atoms with E-state index in [0.29, 0.717) is 4.83 Å². The molecule has 0 aliphatic carbocycles. The Morgan fingerprint density at radius 1 is 1.13 bits per heavy atom. The first kappa shape index (κ1) is 12.6. The number of halogens is 1. The maximum absolute atomic E-state index is 5.60. The van der Waals surface area contributed by atoms with Crippen molar-refractivity contribution in [1.29, 1.82) is 0 Å². The molecule has 1 atom stereocenters. The topological polar surface area (TPSA) is 9.23 Å². The van der Waals surface area contributed by atoms with Gasteiger partial charge in [-0.2, -0.15) is 0 Å². The number of hydrogen-bond donors (Lipinski definition) is 0. The Balaban J connectivity index is 1.98. The van der Waals surface area contributed by atoms with Crippen molar-refractivity contribution < 1.29 is 4.74 Å². The van der Waals surface area contributed by atoms with Gasteiger partial charge in [-0.1, -0.05) is 53.9 Å². The van der Waals surface area contributed by atoms with Gasteiger partial charge in [-0.15, -0.1) is 0 Å². The zero-order valence-electron chi connectivity index (χ0n) is 9.29. The Morgan fingerprint density at radius 3 is 2.53 bits per heavy atom. The molecular formula is C13H19BrO. The molecule has 0 aliphatic rings. The van der Waals surface area contributed by atoms with Crippen LogP contribution in [0.3, 0.4) is 0 Å². The van der Waals surface area contributed by atoms with Crippen molar-refractivity contribution in [2.24, 2.45) is 0 Å². The van der Waals surface area contributed by atoms with Crippen LogP contribution in [-0.2, 0) is 0 Å². The Morgan fingerprint density at radius 2 is 1.87 bits per heavy atom. The molecule has 15 heavy (non-hydrogen) atoms. The second-order valence-corrected chi connectivity index (χ2v) is 5.35. The lowest BCUT2D eigenvalue weighted by molar-refractivity contribution is 0.304. The van der Waals surface area contributed by atoms with Crippen molar-refractivity contribution in [2.45, 2.75) is 37.4 Å². The molecule has 0 heterocycles. The normalized spacial score (nSPS) is 12.4. The summed E-state index contributed by atoms with van der Waals surface area (Å²) in [6.45, 7) is 3.03. The molecule has 0 radical (unpaired) electrons. The van der Waals surface area contributed by atoms with Gasteiger partial charge in [0.15, 0.2) is 0 Å². The van der Waals surface area contributed by atoms with Crippen molar-refractivity contribution in [3.8, 4) is 5.75 Å². The SMILES string of the molecule is CC(Br)CCCCCOc1ccccc1. The number of benzene rings is 1. The van der Waals surface area contributed by atoms with E-state index >= 15 is 0 Å². The van der Waals surface area contributed by atoms with Gasteiger partial charge in [-0.3, -0.25) is 0 Å². The van der Waals surface area contributed by atoms with Crippen LogP contribution < -0.4 is 4.74 Å². The molecule has 0 N–H and O–H groups in total. The number of rotatable bonds is 7. The third-order valence-electron chi connectivity index (χ3n) is 2.26. The minimum absolute atomic E-state index is 0.646. The molecule has 0 saturated carbocycles. The summed E-state index contributed by atoms with van der Waals surface area (Å²) in [6, 6.07) is 10.0. The van der Waals surface area contributed by atoms with Crippen molar-refractivity contribution >= 4 is 15.9 Å². The van der Waals surface area contributed by atoms with Crippen LogP contribution in [0.25, 0.3) is 0 Å². The first-order chi connectivity index (χ1) is 7.29. The average molecular weight is 271 g/mol. The van der Waals surface area contributed by atoms with Gasteiger partial charge in [-0.05, 0) is 25.0 Å². The maximum atomic E-state index is 5.60. The zero-order valence-corrected chi connectivity index (χ0v) is 10.9. The highest BCUT2D eigenvalue weighted by Gasteiger charge is 1.96. The summed E-state index contributed by atoms with van der Waals surface area (Å²) < 4.78 is 5.60. The molecule has 1 rings (SSSR count). The Hall–Kier alpha value is -0.500. The number of unbranched alkanes of at least 4 members (excludes halogenated alkanes) is 2. The maximum Gasteiger partial charge on any atom is 0.119 e. The van der Waals surface area contributed by atoms with E-state index in [1.807, 2.05) is 30.3 Å². The van der Waals surface area contributed by atoms with E-state index < -0.39 is 0 Å². The minimum Gasteiger partial charge on any atom is -0.494 e. The Bertz CT molecular complexity index is 246. The molecule has 84 valence electrons. The molecular weight excluding hydrogens is 252 g/mol. The van der Waals surface area contributed by atoms with Crippen LogP contribution >= 0.6 is 15.9 Å². The van der Waals surface area contributed by atoms with Crippen LogP contribution in [0.15, 0.2) is 30.3 Å². The molecule has 0 aliphatic heterocycles. The Kier molecular flexibility index (Phi) is 6.49. The zero-order chi connectivity index (χ0) is 10.9.